The second-order valence-corrected chi connectivity index (χ2v) is 7.01. The summed E-state index contributed by atoms with van der Waals surface area (Å²) in [6.45, 7) is 7.25. The van der Waals surface area contributed by atoms with Gasteiger partial charge in [0.1, 0.15) is 5.75 Å². The largest absolute Gasteiger partial charge is 0.495 e. The number of aliphatic imine (C=N–C) groups is 1. The van der Waals surface area contributed by atoms with E-state index in [-0.39, 0.29) is 5.91 Å². The molecule has 144 valence electrons. The Balaban J connectivity index is 2.04. The van der Waals surface area contributed by atoms with E-state index in [9.17, 15) is 4.79 Å². The first kappa shape index (κ1) is 20.1. The summed E-state index contributed by atoms with van der Waals surface area (Å²) in [5.41, 5.74) is 1.69. The molecule has 1 aliphatic carbocycles. The van der Waals surface area contributed by atoms with Gasteiger partial charge in [0.05, 0.1) is 19.3 Å². The van der Waals surface area contributed by atoms with Crippen LogP contribution in [-0.4, -0.2) is 31.6 Å². The normalized spacial score (nSPS) is 20.4. The number of nitrogens with zero attached hydrogens (tertiary/aromatic N) is 1. The molecule has 1 amide bonds. The number of carbonyl (C=O) groups excluding carboxylic acids is 1. The van der Waals surface area contributed by atoms with Crippen molar-refractivity contribution < 1.29 is 9.53 Å². The van der Waals surface area contributed by atoms with E-state index in [2.05, 4.69) is 29.8 Å². The van der Waals surface area contributed by atoms with Crippen LogP contribution in [0.4, 0.5) is 5.69 Å². The van der Waals surface area contributed by atoms with Gasteiger partial charge in [0, 0.05) is 19.5 Å². The molecule has 2 rings (SSSR count). The molecule has 26 heavy (non-hydrogen) atoms. The summed E-state index contributed by atoms with van der Waals surface area (Å²) < 4.78 is 5.30. The molecule has 1 aromatic carbocycles. The molecule has 0 heterocycles. The highest BCUT2D eigenvalue weighted by molar-refractivity contribution is 5.90. The molecule has 0 aromatic heterocycles. The van der Waals surface area contributed by atoms with Crippen molar-refractivity contribution in [1.82, 2.24) is 10.6 Å². The van der Waals surface area contributed by atoms with Gasteiger partial charge in [0.25, 0.3) is 0 Å². The SMILES string of the molecule is CCNC(=NCc1ccc(OC)c(NC(C)=O)c1)NC1CCC(C)CC1. The van der Waals surface area contributed by atoms with Gasteiger partial charge >= 0.3 is 0 Å². The topological polar surface area (TPSA) is 74.8 Å². The smallest absolute Gasteiger partial charge is 0.221 e. The van der Waals surface area contributed by atoms with Gasteiger partial charge in [-0.2, -0.15) is 0 Å². The molecule has 1 aromatic rings. The van der Waals surface area contributed by atoms with Crippen LogP contribution in [0.5, 0.6) is 5.75 Å². The molecular formula is C20H32N4O2. The van der Waals surface area contributed by atoms with Crippen molar-refractivity contribution in [3.05, 3.63) is 23.8 Å². The van der Waals surface area contributed by atoms with Crippen molar-refractivity contribution in [2.75, 3.05) is 19.0 Å². The number of amides is 1. The first-order chi connectivity index (χ1) is 12.5. The van der Waals surface area contributed by atoms with E-state index in [4.69, 9.17) is 9.73 Å². The lowest BCUT2D eigenvalue weighted by atomic mass is 9.87. The quantitative estimate of drug-likeness (QED) is 0.537. The average molecular weight is 361 g/mol. The van der Waals surface area contributed by atoms with Crippen LogP contribution in [-0.2, 0) is 11.3 Å². The molecule has 0 spiro atoms. The summed E-state index contributed by atoms with van der Waals surface area (Å²) in [7, 11) is 1.59. The predicted octanol–water partition coefficient (Wildman–Crippen LogP) is 3.29. The van der Waals surface area contributed by atoms with Crippen LogP contribution in [0.2, 0.25) is 0 Å². The maximum atomic E-state index is 11.4. The molecule has 6 heteroatoms. The number of rotatable bonds is 6. The molecule has 3 N–H and O–H groups in total. The molecule has 0 radical (unpaired) electrons. The van der Waals surface area contributed by atoms with Gasteiger partial charge < -0.3 is 20.7 Å². The van der Waals surface area contributed by atoms with Crippen molar-refractivity contribution >= 4 is 17.6 Å². The van der Waals surface area contributed by atoms with E-state index in [0.717, 1.165) is 24.0 Å². The minimum Gasteiger partial charge on any atom is -0.495 e. The Morgan fingerprint density at radius 3 is 2.62 bits per heavy atom. The average Bonchev–Trinajstić information content (AvgIpc) is 2.61. The van der Waals surface area contributed by atoms with Gasteiger partial charge in [-0.15, -0.1) is 0 Å². The lowest BCUT2D eigenvalue weighted by Gasteiger charge is -2.28. The lowest BCUT2D eigenvalue weighted by Crippen LogP contribution is -2.44. The molecule has 0 atom stereocenters. The predicted molar refractivity (Wildman–Crippen MR) is 107 cm³/mol. The Bertz CT molecular complexity index is 622. The number of hydrogen-bond acceptors (Lipinski definition) is 3. The number of ether oxygens (including phenoxy) is 1. The van der Waals surface area contributed by atoms with Crippen LogP contribution in [0.25, 0.3) is 0 Å². The Morgan fingerprint density at radius 2 is 2.00 bits per heavy atom. The van der Waals surface area contributed by atoms with Crippen molar-refractivity contribution in [3.63, 3.8) is 0 Å². The highest BCUT2D eigenvalue weighted by Crippen LogP contribution is 2.26. The van der Waals surface area contributed by atoms with Gasteiger partial charge in [-0.25, -0.2) is 4.99 Å². The first-order valence-corrected chi connectivity index (χ1v) is 9.51. The molecule has 0 aliphatic heterocycles. The van der Waals surface area contributed by atoms with Crippen LogP contribution in [0.15, 0.2) is 23.2 Å². The van der Waals surface area contributed by atoms with Gasteiger partial charge in [0.15, 0.2) is 5.96 Å². The van der Waals surface area contributed by atoms with E-state index in [1.807, 2.05) is 18.2 Å². The monoisotopic (exact) mass is 360 g/mol. The van der Waals surface area contributed by atoms with Crippen molar-refractivity contribution in [2.24, 2.45) is 10.9 Å². The highest BCUT2D eigenvalue weighted by Gasteiger charge is 2.18. The number of methoxy groups -OCH3 is 1. The summed E-state index contributed by atoms with van der Waals surface area (Å²) in [6.07, 6.45) is 4.94. The van der Waals surface area contributed by atoms with Gasteiger partial charge in [-0.3, -0.25) is 4.79 Å². The molecular weight excluding hydrogens is 328 g/mol. The van der Waals surface area contributed by atoms with Crippen LogP contribution in [0, 0.1) is 5.92 Å². The summed E-state index contributed by atoms with van der Waals surface area (Å²) in [5.74, 6) is 2.21. The van der Waals surface area contributed by atoms with E-state index in [1.54, 1.807) is 7.11 Å². The summed E-state index contributed by atoms with van der Waals surface area (Å²) >= 11 is 0. The van der Waals surface area contributed by atoms with Crippen LogP contribution in [0.1, 0.15) is 52.0 Å². The Hall–Kier alpha value is -2.24. The standard InChI is InChI=1S/C20H32N4O2/c1-5-21-20(24-17-9-6-14(2)7-10-17)22-13-16-8-11-19(26-4)18(12-16)23-15(3)25/h8,11-12,14,17H,5-7,9-10,13H2,1-4H3,(H,23,25)(H2,21,22,24). The van der Waals surface area contributed by atoms with Crippen LogP contribution < -0.4 is 20.7 Å². The number of anilines is 1. The van der Waals surface area contributed by atoms with E-state index in [1.165, 1.54) is 32.6 Å². The summed E-state index contributed by atoms with van der Waals surface area (Å²) in [4.78, 5) is 16.1. The third-order valence-corrected chi connectivity index (χ3v) is 4.70. The molecule has 0 unspecified atom stereocenters. The zero-order valence-electron chi connectivity index (χ0n) is 16.4. The minimum atomic E-state index is -0.120. The highest BCUT2D eigenvalue weighted by atomic mass is 16.5. The zero-order valence-corrected chi connectivity index (χ0v) is 16.4. The molecule has 1 aliphatic rings. The third kappa shape index (κ3) is 6.24. The number of carbonyl (C=O) groups is 1. The van der Waals surface area contributed by atoms with E-state index < -0.39 is 0 Å². The molecule has 1 fully saturated rings. The van der Waals surface area contributed by atoms with Crippen LogP contribution in [0.3, 0.4) is 0 Å². The van der Waals surface area contributed by atoms with Crippen molar-refractivity contribution in [1.29, 1.82) is 0 Å². The van der Waals surface area contributed by atoms with Gasteiger partial charge in [-0.05, 0) is 56.2 Å². The number of benzene rings is 1. The number of hydrogen-bond donors (Lipinski definition) is 3. The van der Waals surface area contributed by atoms with E-state index in [0.29, 0.717) is 24.0 Å². The van der Waals surface area contributed by atoms with Crippen molar-refractivity contribution in [3.8, 4) is 5.75 Å². The van der Waals surface area contributed by atoms with Crippen LogP contribution >= 0.6 is 0 Å². The van der Waals surface area contributed by atoms with Crippen molar-refractivity contribution in [2.45, 2.75) is 59.0 Å². The lowest BCUT2D eigenvalue weighted by molar-refractivity contribution is -0.114. The third-order valence-electron chi connectivity index (χ3n) is 4.70. The van der Waals surface area contributed by atoms with Gasteiger partial charge in [-0.1, -0.05) is 13.0 Å². The summed E-state index contributed by atoms with van der Waals surface area (Å²) in [6, 6.07) is 6.24. The molecule has 6 nitrogen and oxygen atoms in total. The second kappa shape index (κ2) is 10.0. The molecule has 0 bridgehead atoms. The molecule has 0 saturated heterocycles. The Morgan fingerprint density at radius 1 is 1.27 bits per heavy atom. The minimum absolute atomic E-state index is 0.120. The number of guanidine groups is 1. The zero-order chi connectivity index (χ0) is 18.9. The maximum absolute atomic E-state index is 11.4. The maximum Gasteiger partial charge on any atom is 0.221 e. The molecule has 1 saturated carbocycles. The fourth-order valence-electron chi connectivity index (χ4n) is 3.23. The first-order valence-electron chi connectivity index (χ1n) is 9.51. The number of nitrogens with one attached hydrogen (secondary N) is 3. The fourth-order valence-corrected chi connectivity index (χ4v) is 3.23. The Labute approximate surface area is 156 Å². The fraction of sp³-hybridized carbons (Fsp3) is 0.600. The van der Waals surface area contributed by atoms with E-state index >= 15 is 0 Å². The Kier molecular flexibility index (Phi) is 7.75. The van der Waals surface area contributed by atoms with Gasteiger partial charge in [0.2, 0.25) is 5.91 Å². The second-order valence-electron chi connectivity index (χ2n) is 7.01. The summed E-state index contributed by atoms with van der Waals surface area (Å²) in [5, 5.41) is 9.69.